The third-order valence-electron chi connectivity index (χ3n) is 4.24. The predicted octanol–water partition coefficient (Wildman–Crippen LogP) is 0.837. The Hall–Kier alpha value is -2.42. The molecule has 1 heterocycles. The number of para-hydroxylation sites is 1. The van der Waals surface area contributed by atoms with Crippen LogP contribution in [-0.4, -0.2) is 62.3 Å². The second-order valence-corrected chi connectivity index (χ2v) is 8.33. The van der Waals surface area contributed by atoms with Crippen molar-refractivity contribution in [1.29, 1.82) is 0 Å². The van der Waals surface area contributed by atoms with Gasteiger partial charge in [0.25, 0.3) is 0 Å². The molecule has 0 bridgehead atoms. The first-order chi connectivity index (χ1) is 12.2. The van der Waals surface area contributed by atoms with Crippen LogP contribution in [0.2, 0.25) is 0 Å². The Labute approximate surface area is 152 Å². The molecule has 2 amide bonds. The predicted molar refractivity (Wildman–Crippen MR) is 95.5 cm³/mol. The number of methoxy groups -OCH3 is 1. The lowest BCUT2D eigenvalue weighted by molar-refractivity contribution is -0.131. The van der Waals surface area contributed by atoms with E-state index in [2.05, 4.69) is 10.1 Å². The van der Waals surface area contributed by atoms with E-state index in [1.807, 2.05) is 0 Å². The fourth-order valence-electron chi connectivity index (χ4n) is 2.93. The maximum Gasteiger partial charge on any atom is 0.339 e. The highest BCUT2D eigenvalue weighted by Gasteiger charge is 2.33. The SMILES string of the molecule is COC(=O)c1ccccc1NC(=O)CCN(C(C)=O)C1CCS(=O)(=O)C1. The monoisotopic (exact) mass is 382 g/mol. The molecule has 0 saturated carbocycles. The van der Waals surface area contributed by atoms with Gasteiger partial charge in [-0.2, -0.15) is 0 Å². The fraction of sp³-hybridized carbons (Fsp3) is 0.471. The highest BCUT2D eigenvalue weighted by molar-refractivity contribution is 7.91. The van der Waals surface area contributed by atoms with Crippen molar-refractivity contribution in [3.8, 4) is 0 Å². The van der Waals surface area contributed by atoms with Crippen LogP contribution in [0.5, 0.6) is 0 Å². The van der Waals surface area contributed by atoms with Crippen LogP contribution in [0.4, 0.5) is 5.69 Å². The fourth-order valence-corrected chi connectivity index (χ4v) is 4.66. The molecule has 1 unspecified atom stereocenters. The number of nitrogens with zero attached hydrogens (tertiary/aromatic N) is 1. The normalized spacial score (nSPS) is 18.2. The summed E-state index contributed by atoms with van der Waals surface area (Å²) in [5, 5.41) is 2.63. The summed E-state index contributed by atoms with van der Waals surface area (Å²) in [5.41, 5.74) is 0.552. The lowest BCUT2D eigenvalue weighted by Crippen LogP contribution is -2.41. The first-order valence-corrected chi connectivity index (χ1v) is 10.0. The number of carbonyl (C=O) groups excluding carboxylic acids is 3. The van der Waals surface area contributed by atoms with Gasteiger partial charge < -0.3 is 15.0 Å². The summed E-state index contributed by atoms with van der Waals surface area (Å²) in [6.45, 7) is 1.47. The second-order valence-electron chi connectivity index (χ2n) is 6.10. The van der Waals surface area contributed by atoms with Crippen molar-refractivity contribution < 1.29 is 27.5 Å². The Balaban J connectivity index is 1.99. The van der Waals surface area contributed by atoms with Crippen molar-refractivity contribution in [2.45, 2.75) is 25.8 Å². The van der Waals surface area contributed by atoms with Gasteiger partial charge in [-0.3, -0.25) is 9.59 Å². The largest absolute Gasteiger partial charge is 0.465 e. The molecule has 1 aromatic rings. The van der Waals surface area contributed by atoms with Gasteiger partial charge in [0.2, 0.25) is 11.8 Å². The second kappa shape index (κ2) is 8.31. The van der Waals surface area contributed by atoms with Gasteiger partial charge in [-0.15, -0.1) is 0 Å². The molecule has 1 aliphatic heterocycles. The van der Waals surface area contributed by atoms with Crippen molar-refractivity contribution in [3.63, 3.8) is 0 Å². The lowest BCUT2D eigenvalue weighted by atomic mass is 10.1. The van der Waals surface area contributed by atoms with Gasteiger partial charge >= 0.3 is 5.97 Å². The minimum Gasteiger partial charge on any atom is -0.465 e. The maximum atomic E-state index is 12.2. The molecule has 1 aromatic carbocycles. The van der Waals surface area contributed by atoms with E-state index in [9.17, 15) is 22.8 Å². The average molecular weight is 382 g/mol. The van der Waals surface area contributed by atoms with E-state index < -0.39 is 21.8 Å². The van der Waals surface area contributed by atoms with E-state index in [0.29, 0.717) is 12.1 Å². The highest BCUT2D eigenvalue weighted by atomic mass is 32.2. The molecule has 8 nitrogen and oxygen atoms in total. The van der Waals surface area contributed by atoms with Gasteiger partial charge in [-0.1, -0.05) is 12.1 Å². The van der Waals surface area contributed by atoms with Crippen LogP contribution in [0.1, 0.15) is 30.1 Å². The van der Waals surface area contributed by atoms with E-state index in [4.69, 9.17) is 0 Å². The molecule has 1 atom stereocenters. The molecule has 1 aliphatic rings. The maximum absolute atomic E-state index is 12.2. The van der Waals surface area contributed by atoms with Crippen LogP contribution in [0.15, 0.2) is 24.3 Å². The topological polar surface area (TPSA) is 110 Å². The standard InChI is InChI=1S/C17H22N2O6S/c1-12(20)19(13-8-10-26(23,24)11-13)9-7-16(21)18-15-6-4-3-5-14(15)17(22)25-2/h3-6,13H,7-11H2,1-2H3,(H,18,21). The Morgan fingerprint density at radius 1 is 1.27 bits per heavy atom. The van der Waals surface area contributed by atoms with E-state index in [1.54, 1.807) is 18.2 Å². The number of hydrogen-bond donors (Lipinski definition) is 1. The van der Waals surface area contributed by atoms with Gasteiger partial charge in [0.1, 0.15) is 0 Å². The van der Waals surface area contributed by atoms with E-state index in [0.717, 1.165) is 0 Å². The zero-order valence-electron chi connectivity index (χ0n) is 14.7. The van der Waals surface area contributed by atoms with Gasteiger partial charge in [-0.25, -0.2) is 13.2 Å². The molecule has 2 rings (SSSR count). The number of benzene rings is 1. The number of ether oxygens (including phenoxy) is 1. The quantitative estimate of drug-likeness (QED) is 0.730. The number of sulfone groups is 1. The Morgan fingerprint density at radius 3 is 2.54 bits per heavy atom. The van der Waals surface area contributed by atoms with Crippen LogP contribution in [0, 0.1) is 0 Å². The zero-order valence-corrected chi connectivity index (χ0v) is 15.5. The van der Waals surface area contributed by atoms with Gasteiger partial charge in [0.15, 0.2) is 9.84 Å². The minimum absolute atomic E-state index is 0.00830. The molecule has 0 spiro atoms. The number of hydrogen-bond acceptors (Lipinski definition) is 6. The summed E-state index contributed by atoms with van der Waals surface area (Å²) in [4.78, 5) is 37.2. The van der Waals surface area contributed by atoms with Crippen molar-refractivity contribution in [3.05, 3.63) is 29.8 Å². The molecular formula is C17H22N2O6S. The molecule has 1 N–H and O–H groups in total. The minimum atomic E-state index is -3.13. The van der Waals surface area contributed by atoms with Crippen molar-refractivity contribution in [2.24, 2.45) is 0 Å². The first kappa shape index (κ1) is 19.9. The van der Waals surface area contributed by atoms with Crippen LogP contribution in [0.3, 0.4) is 0 Å². The molecule has 26 heavy (non-hydrogen) atoms. The molecule has 0 aromatic heterocycles. The number of esters is 1. The summed E-state index contributed by atoms with van der Waals surface area (Å²) >= 11 is 0. The van der Waals surface area contributed by atoms with E-state index in [1.165, 1.54) is 25.0 Å². The van der Waals surface area contributed by atoms with Crippen molar-refractivity contribution in [1.82, 2.24) is 4.90 Å². The number of amides is 2. The number of rotatable bonds is 6. The lowest BCUT2D eigenvalue weighted by Gasteiger charge is -2.26. The number of nitrogens with one attached hydrogen (secondary N) is 1. The van der Waals surface area contributed by atoms with Gasteiger partial charge in [0, 0.05) is 25.9 Å². The van der Waals surface area contributed by atoms with Gasteiger partial charge in [0.05, 0.1) is 29.9 Å². The third-order valence-corrected chi connectivity index (χ3v) is 5.99. The average Bonchev–Trinajstić information content (AvgIpc) is 2.94. The zero-order chi connectivity index (χ0) is 19.3. The number of anilines is 1. The van der Waals surface area contributed by atoms with Crippen molar-refractivity contribution >= 4 is 33.3 Å². The number of carbonyl (C=O) groups is 3. The Kier molecular flexibility index (Phi) is 6.36. The first-order valence-electron chi connectivity index (χ1n) is 8.18. The molecule has 1 saturated heterocycles. The molecule has 1 fully saturated rings. The molecule has 142 valence electrons. The van der Waals surface area contributed by atoms with E-state index >= 15 is 0 Å². The summed E-state index contributed by atoms with van der Waals surface area (Å²) < 4.78 is 27.9. The summed E-state index contributed by atoms with van der Waals surface area (Å²) in [7, 11) is -1.87. The summed E-state index contributed by atoms with van der Waals surface area (Å²) in [5.74, 6) is -1.23. The Morgan fingerprint density at radius 2 is 1.96 bits per heavy atom. The highest BCUT2D eigenvalue weighted by Crippen LogP contribution is 2.19. The third kappa shape index (κ3) is 5.04. The van der Waals surface area contributed by atoms with Crippen LogP contribution in [-0.2, 0) is 24.2 Å². The summed E-state index contributed by atoms with van der Waals surface area (Å²) in [6.07, 6.45) is 0.375. The molecule has 9 heteroatoms. The Bertz CT molecular complexity index is 805. The summed E-state index contributed by atoms with van der Waals surface area (Å²) in [6, 6.07) is 6.05. The molecule has 0 radical (unpaired) electrons. The van der Waals surface area contributed by atoms with Crippen LogP contribution < -0.4 is 5.32 Å². The van der Waals surface area contributed by atoms with Crippen LogP contribution in [0.25, 0.3) is 0 Å². The van der Waals surface area contributed by atoms with E-state index in [-0.39, 0.29) is 41.8 Å². The van der Waals surface area contributed by atoms with Crippen LogP contribution >= 0.6 is 0 Å². The van der Waals surface area contributed by atoms with Crippen molar-refractivity contribution in [2.75, 3.05) is 30.5 Å². The smallest absolute Gasteiger partial charge is 0.339 e. The molecular weight excluding hydrogens is 360 g/mol. The van der Waals surface area contributed by atoms with Gasteiger partial charge in [-0.05, 0) is 18.6 Å². The molecule has 0 aliphatic carbocycles.